The van der Waals surface area contributed by atoms with E-state index in [2.05, 4.69) is 14.9 Å². The Morgan fingerprint density at radius 2 is 2.13 bits per heavy atom. The number of aromatic amines is 1. The van der Waals surface area contributed by atoms with E-state index < -0.39 is 10.0 Å². The highest BCUT2D eigenvalue weighted by Gasteiger charge is 2.25. The molecule has 0 unspecified atom stereocenters. The molecule has 0 saturated carbocycles. The molecule has 2 N–H and O–H groups in total. The molecule has 0 radical (unpaired) electrons. The summed E-state index contributed by atoms with van der Waals surface area (Å²) in [7, 11) is -3.29. The van der Waals surface area contributed by atoms with Crippen molar-refractivity contribution < 1.29 is 8.42 Å². The average molecular weight is 229 g/mol. The molecule has 7 heteroatoms. The van der Waals surface area contributed by atoms with Crippen molar-refractivity contribution in [2.75, 3.05) is 0 Å². The lowest BCUT2D eigenvalue weighted by atomic mass is 10.1. The molecule has 0 atom stereocenters. The molecule has 0 fully saturated rings. The fraction of sp³-hybridized carbons (Fsp3) is 0.500. The van der Waals surface area contributed by atoms with Crippen LogP contribution in [0.15, 0.2) is 4.79 Å². The second-order valence-corrected chi connectivity index (χ2v) is 5.20. The van der Waals surface area contributed by atoms with Crippen molar-refractivity contribution in [3.05, 3.63) is 27.2 Å². The number of aromatic nitrogens is 2. The summed E-state index contributed by atoms with van der Waals surface area (Å²) in [6, 6.07) is 0. The lowest BCUT2D eigenvalue weighted by Gasteiger charge is -2.17. The average Bonchev–Trinajstić information content (AvgIpc) is 2.17. The van der Waals surface area contributed by atoms with Crippen molar-refractivity contribution in [2.45, 2.75) is 25.6 Å². The molecule has 82 valence electrons. The SMILES string of the molecule is CCc1n[nH]c(=O)c2c1CS(=O)(=O)NC2. The summed E-state index contributed by atoms with van der Waals surface area (Å²) in [6.07, 6.45) is 0.606. The second-order valence-electron chi connectivity index (χ2n) is 3.39. The van der Waals surface area contributed by atoms with Crippen molar-refractivity contribution in [3.8, 4) is 0 Å². The number of fused-ring (bicyclic) bond motifs is 1. The van der Waals surface area contributed by atoms with E-state index in [9.17, 15) is 13.2 Å². The Morgan fingerprint density at radius 1 is 1.40 bits per heavy atom. The van der Waals surface area contributed by atoms with Gasteiger partial charge in [-0.1, -0.05) is 6.92 Å². The van der Waals surface area contributed by atoms with Crippen molar-refractivity contribution in [1.29, 1.82) is 0 Å². The molecular weight excluding hydrogens is 218 g/mol. The smallest absolute Gasteiger partial charge is 0.268 e. The van der Waals surface area contributed by atoms with Gasteiger partial charge in [-0.2, -0.15) is 5.10 Å². The largest absolute Gasteiger partial charge is 0.269 e. The van der Waals surface area contributed by atoms with Gasteiger partial charge >= 0.3 is 0 Å². The Kier molecular flexibility index (Phi) is 2.35. The van der Waals surface area contributed by atoms with Crippen LogP contribution in [0, 0.1) is 0 Å². The van der Waals surface area contributed by atoms with E-state index in [0.717, 1.165) is 0 Å². The van der Waals surface area contributed by atoms with Crippen LogP contribution >= 0.6 is 0 Å². The van der Waals surface area contributed by atoms with Gasteiger partial charge in [0.15, 0.2) is 0 Å². The molecular formula is C8H11N3O3S. The van der Waals surface area contributed by atoms with Gasteiger partial charge in [-0.05, 0) is 6.42 Å². The first-order valence-corrected chi connectivity index (χ1v) is 6.25. The number of aryl methyl sites for hydroxylation is 1. The zero-order chi connectivity index (χ0) is 11.1. The van der Waals surface area contributed by atoms with Gasteiger partial charge < -0.3 is 0 Å². The Bertz CT molecular complexity index is 547. The summed E-state index contributed by atoms with van der Waals surface area (Å²) in [6.45, 7) is 1.93. The number of nitrogens with zero attached hydrogens (tertiary/aromatic N) is 1. The van der Waals surface area contributed by atoms with Crippen molar-refractivity contribution >= 4 is 10.0 Å². The first-order valence-electron chi connectivity index (χ1n) is 4.60. The minimum absolute atomic E-state index is 0.0581. The molecule has 0 amide bonds. The van der Waals surface area contributed by atoms with Crippen LogP contribution in [0.4, 0.5) is 0 Å². The normalized spacial score (nSPS) is 18.5. The summed E-state index contributed by atoms with van der Waals surface area (Å²) >= 11 is 0. The van der Waals surface area contributed by atoms with Crippen LogP contribution < -0.4 is 10.3 Å². The van der Waals surface area contributed by atoms with Gasteiger partial charge in [0.1, 0.15) is 0 Å². The monoisotopic (exact) mass is 229 g/mol. The van der Waals surface area contributed by atoms with Gasteiger partial charge in [0.05, 0.1) is 11.4 Å². The Labute approximate surface area is 86.8 Å². The maximum Gasteiger partial charge on any atom is 0.269 e. The van der Waals surface area contributed by atoms with Gasteiger partial charge in [0.2, 0.25) is 10.0 Å². The molecule has 0 bridgehead atoms. The molecule has 1 aromatic rings. The van der Waals surface area contributed by atoms with Crippen LogP contribution in [0.2, 0.25) is 0 Å². The Balaban J connectivity index is 2.66. The minimum Gasteiger partial charge on any atom is -0.268 e. The standard InChI is InChI=1S/C8H11N3O3S/c1-2-7-6-4-15(13,14)9-3-5(6)8(12)11-10-7/h9H,2-4H2,1H3,(H,11,12). The van der Waals surface area contributed by atoms with Gasteiger partial charge in [-0.3, -0.25) is 4.79 Å². The highest BCUT2D eigenvalue weighted by molar-refractivity contribution is 7.88. The van der Waals surface area contributed by atoms with Crippen LogP contribution in [0.25, 0.3) is 0 Å². The maximum atomic E-state index is 11.4. The number of sulfonamides is 1. The van der Waals surface area contributed by atoms with Gasteiger partial charge in [-0.15, -0.1) is 0 Å². The van der Waals surface area contributed by atoms with Gasteiger partial charge in [0, 0.05) is 17.7 Å². The molecule has 0 saturated heterocycles. The summed E-state index contributed by atoms with van der Waals surface area (Å²) in [5.41, 5.74) is 1.37. The van der Waals surface area contributed by atoms with Crippen molar-refractivity contribution in [1.82, 2.24) is 14.9 Å². The van der Waals surface area contributed by atoms with Crippen LogP contribution in [0.3, 0.4) is 0 Å². The molecule has 1 aliphatic heterocycles. The summed E-state index contributed by atoms with van der Waals surface area (Å²) in [5.74, 6) is -0.150. The predicted octanol–water partition coefficient (Wildman–Crippen LogP) is -0.735. The van der Waals surface area contributed by atoms with E-state index in [1.54, 1.807) is 0 Å². The third kappa shape index (κ3) is 1.80. The highest BCUT2D eigenvalue weighted by Crippen LogP contribution is 2.17. The van der Waals surface area contributed by atoms with Crippen molar-refractivity contribution in [3.63, 3.8) is 0 Å². The van der Waals surface area contributed by atoms with E-state index in [-0.39, 0.29) is 17.9 Å². The molecule has 6 nitrogen and oxygen atoms in total. The molecule has 0 aliphatic carbocycles. The third-order valence-electron chi connectivity index (χ3n) is 2.42. The number of nitrogens with one attached hydrogen (secondary N) is 2. The lowest BCUT2D eigenvalue weighted by Crippen LogP contribution is -2.36. The van der Waals surface area contributed by atoms with Crippen LogP contribution in [0.5, 0.6) is 0 Å². The van der Waals surface area contributed by atoms with E-state index >= 15 is 0 Å². The quantitative estimate of drug-likeness (QED) is 0.663. The summed E-state index contributed by atoms with van der Waals surface area (Å²) in [5, 5.41) is 6.21. The molecule has 2 rings (SSSR count). The molecule has 1 aliphatic rings. The molecule has 15 heavy (non-hydrogen) atoms. The van der Waals surface area contributed by atoms with Gasteiger partial charge in [-0.25, -0.2) is 18.2 Å². The number of rotatable bonds is 1. The molecule has 0 spiro atoms. The van der Waals surface area contributed by atoms with E-state index in [1.807, 2.05) is 6.92 Å². The minimum atomic E-state index is -3.29. The topological polar surface area (TPSA) is 91.9 Å². The third-order valence-corrected chi connectivity index (χ3v) is 3.67. The summed E-state index contributed by atoms with van der Waals surface area (Å²) < 4.78 is 25.0. The zero-order valence-electron chi connectivity index (χ0n) is 8.20. The van der Waals surface area contributed by atoms with E-state index in [4.69, 9.17) is 0 Å². The van der Waals surface area contributed by atoms with E-state index in [1.165, 1.54) is 0 Å². The highest BCUT2D eigenvalue weighted by atomic mass is 32.2. The van der Waals surface area contributed by atoms with Crippen LogP contribution in [-0.4, -0.2) is 18.6 Å². The number of hydrogen-bond donors (Lipinski definition) is 2. The molecule has 1 aromatic heterocycles. The Hall–Kier alpha value is -1.21. The first-order chi connectivity index (χ1) is 7.03. The predicted molar refractivity (Wildman–Crippen MR) is 53.7 cm³/mol. The first kappa shape index (κ1) is 10.3. The fourth-order valence-electron chi connectivity index (χ4n) is 1.64. The van der Waals surface area contributed by atoms with Crippen LogP contribution in [0.1, 0.15) is 23.7 Å². The fourth-order valence-corrected chi connectivity index (χ4v) is 2.82. The zero-order valence-corrected chi connectivity index (χ0v) is 9.02. The second kappa shape index (κ2) is 3.42. The Morgan fingerprint density at radius 3 is 2.80 bits per heavy atom. The van der Waals surface area contributed by atoms with Crippen LogP contribution in [-0.2, 0) is 28.7 Å². The van der Waals surface area contributed by atoms with E-state index in [0.29, 0.717) is 23.2 Å². The summed E-state index contributed by atoms with van der Waals surface area (Å²) in [4.78, 5) is 11.4. The molecule has 0 aromatic carbocycles. The number of hydrogen-bond acceptors (Lipinski definition) is 4. The lowest BCUT2D eigenvalue weighted by molar-refractivity contribution is 0.573. The van der Waals surface area contributed by atoms with Gasteiger partial charge in [0.25, 0.3) is 5.56 Å². The molecule has 2 heterocycles. The number of H-pyrrole nitrogens is 1. The maximum absolute atomic E-state index is 11.4. The van der Waals surface area contributed by atoms with Crippen molar-refractivity contribution in [2.24, 2.45) is 0 Å².